The standard InChI is InChI=1S/C17H13N3O/c1-11-5-7-13-3-2-4-16(17(13)20-11)21-15-8-6-12(10-18)9-14(15)19/h2-9H,19H2,1H3. The molecule has 3 aromatic rings. The van der Waals surface area contributed by atoms with Gasteiger partial charge in [0.1, 0.15) is 5.52 Å². The van der Waals surface area contributed by atoms with E-state index in [9.17, 15) is 0 Å². The summed E-state index contributed by atoms with van der Waals surface area (Å²) in [4.78, 5) is 4.52. The lowest BCUT2D eigenvalue weighted by Crippen LogP contribution is -1.94. The first-order valence-electron chi connectivity index (χ1n) is 6.51. The minimum Gasteiger partial charge on any atom is -0.453 e. The minimum absolute atomic E-state index is 0.429. The monoisotopic (exact) mass is 275 g/mol. The molecule has 4 heteroatoms. The maximum absolute atomic E-state index is 8.86. The highest BCUT2D eigenvalue weighted by molar-refractivity contribution is 5.85. The highest BCUT2D eigenvalue weighted by atomic mass is 16.5. The summed E-state index contributed by atoms with van der Waals surface area (Å²) >= 11 is 0. The number of fused-ring (bicyclic) bond motifs is 1. The first-order chi connectivity index (χ1) is 10.2. The van der Waals surface area contributed by atoms with E-state index in [0.29, 0.717) is 22.7 Å². The predicted molar refractivity (Wildman–Crippen MR) is 82.1 cm³/mol. The number of nitrogens with zero attached hydrogens (tertiary/aromatic N) is 2. The molecule has 1 aromatic heterocycles. The van der Waals surface area contributed by atoms with Crippen LogP contribution in [0.5, 0.6) is 11.5 Å². The second-order valence-electron chi connectivity index (χ2n) is 4.75. The molecule has 1 heterocycles. The Labute approximate surface area is 122 Å². The number of nitriles is 1. The summed E-state index contributed by atoms with van der Waals surface area (Å²) in [7, 11) is 0. The summed E-state index contributed by atoms with van der Waals surface area (Å²) < 4.78 is 5.88. The molecule has 2 N–H and O–H groups in total. The summed E-state index contributed by atoms with van der Waals surface area (Å²) in [5.41, 5.74) is 8.57. The third-order valence-electron chi connectivity index (χ3n) is 3.18. The van der Waals surface area contributed by atoms with Crippen molar-refractivity contribution in [3.63, 3.8) is 0 Å². The van der Waals surface area contributed by atoms with E-state index in [1.807, 2.05) is 43.3 Å². The lowest BCUT2D eigenvalue weighted by molar-refractivity contribution is 0.489. The zero-order valence-corrected chi connectivity index (χ0v) is 11.5. The van der Waals surface area contributed by atoms with Crippen LogP contribution in [-0.4, -0.2) is 4.98 Å². The third kappa shape index (κ3) is 2.49. The molecule has 0 amide bonds. The number of nitrogens with two attached hydrogens (primary N) is 1. The number of rotatable bonds is 2. The van der Waals surface area contributed by atoms with Crippen molar-refractivity contribution in [2.24, 2.45) is 0 Å². The molecule has 4 nitrogen and oxygen atoms in total. The van der Waals surface area contributed by atoms with E-state index in [2.05, 4.69) is 4.98 Å². The number of nitrogen functional groups attached to an aromatic ring is 1. The number of aromatic nitrogens is 1. The molecule has 3 rings (SSSR count). The average Bonchev–Trinajstić information content (AvgIpc) is 2.49. The molecule has 0 aliphatic heterocycles. The Morgan fingerprint density at radius 1 is 1.10 bits per heavy atom. The van der Waals surface area contributed by atoms with Crippen molar-refractivity contribution in [1.82, 2.24) is 4.98 Å². The van der Waals surface area contributed by atoms with Crippen LogP contribution in [0.3, 0.4) is 0 Å². The van der Waals surface area contributed by atoms with Gasteiger partial charge in [-0.2, -0.15) is 5.26 Å². The van der Waals surface area contributed by atoms with Gasteiger partial charge in [0.05, 0.1) is 17.3 Å². The van der Waals surface area contributed by atoms with Crippen LogP contribution in [-0.2, 0) is 0 Å². The van der Waals surface area contributed by atoms with E-state index < -0.39 is 0 Å². The molecule has 2 aromatic carbocycles. The molecule has 0 aliphatic carbocycles. The number of para-hydroxylation sites is 1. The Balaban J connectivity index is 2.06. The summed E-state index contributed by atoms with van der Waals surface area (Å²) in [5.74, 6) is 1.16. The van der Waals surface area contributed by atoms with Gasteiger partial charge >= 0.3 is 0 Å². The molecular formula is C17H13N3O. The summed E-state index contributed by atoms with van der Waals surface area (Å²) in [5, 5.41) is 9.86. The Morgan fingerprint density at radius 2 is 1.95 bits per heavy atom. The fraction of sp³-hybridized carbons (Fsp3) is 0.0588. The number of ether oxygens (including phenoxy) is 1. The van der Waals surface area contributed by atoms with E-state index in [-0.39, 0.29) is 0 Å². The molecule has 0 aliphatic rings. The van der Waals surface area contributed by atoms with Crippen LogP contribution in [0.25, 0.3) is 10.9 Å². The zero-order chi connectivity index (χ0) is 14.8. The number of aryl methyl sites for hydroxylation is 1. The molecule has 0 saturated heterocycles. The van der Waals surface area contributed by atoms with Gasteiger partial charge in [0.2, 0.25) is 0 Å². The van der Waals surface area contributed by atoms with Gasteiger partial charge in [-0.05, 0) is 37.3 Å². The highest BCUT2D eigenvalue weighted by Gasteiger charge is 2.08. The van der Waals surface area contributed by atoms with Gasteiger partial charge in [0.15, 0.2) is 11.5 Å². The molecule has 0 atom stereocenters. The van der Waals surface area contributed by atoms with Crippen molar-refractivity contribution in [1.29, 1.82) is 5.26 Å². The van der Waals surface area contributed by atoms with Gasteiger partial charge in [0.25, 0.3) is 0 Å². The van der Waals surface area contributed by atoms with Gasteiger partial charge < -0.3 is 10.5 Å². The van der Waals surface area contributed by atoms with Crippen LogP contribution in [0, 0.1) is 18.3 Å². The number of pyridine rings is 1. The Bertz CT molecular complexity index is 866. The number of benzene rings is 2. The SMILES string of the molecule is Cc1ccc2cccc(Oc3ccc(C#N)cc3N)c2n1. The van der Waals surface area contributed by atoms with E-state index in [0.717, 1.165) is 16.6 Å². The van der Waals surface area contributed by atoms with Gasteiger partial charge in [-0.3, -0.25) is 0 Å². The van der Waals surface area contributed by atoms with Crippen LogP contribution in [0.4, 0.5) is 5.69 Å². The van der Waals surface area contributed by atoms with Crippen molar-refractivity contribution in [3.8, 4) is 17.6 Å². The van der Waals surface area contributed by atoms with Crippen LogP contribution in [0.1, 0.15) is 11.3 Å². The number of hydrogen-bond acceptors (Lipinski definition) is 4. The topological polar surface area (TPSA) is 71.9 Å². The predicted octanol–water partition coefficient (Wildman–Crippen LogP) is 3.79. The Hall–Kier alpha value is -3.06. The van der Waals surface area contributed by atoms with E-state index in [1.165, 1.54) is 0 Å². The quantitative estimate of drug-likeness (QED) is 0.722. The zero-order valence-electron chi connectivity index (χ0n) is 11.5. The summed E-state index contributed by atoms with van der Waals surface area (Å²) in [6.07, 6.45) is 0. The number of hydrogen-bond donors (Lipinski definition) is 1. The molecule has 102 valence electrons. The Kier molecular flexibility index (Phi) is 3.17. The molecule has 21 heavy (non-hydrogen) atoms. The van der Waals surface area contributed by atoms with Crippen LogP contribution >= 0.6 is 0 Å². The van der Waals surface area contributed by atoms with Crippen molar-refractivity contribution in [3.05, 3.63) is 59.8 Å². The van der Waals surface area contributed by atoms with Gasteiger partial charge in [0, 0.05) is 11.1 Å². The summed E-state index contributed by atoms with van der Waals surface area (Å²) in [6.45, 7) is 1.94. The molecule has 0 fully saturated rings. The maximum Gasteiger partial charge on any atom is 0.153 e. The average molecular weight is 275 g/mol. The Morgan fingerprint density at radius 3 is 2.71 bits per heavy atom. The molecule has 0 saturated carbocycles. The van der Waals surface area contributed by atoms with Crippen LogP contribution < -0.4 is 10.5 Å². The normalized spacial score (nSPS) is 10.3. The largest absolute Gasteiger partial charge is 0.453 e. The highest BCUT2D eigenvalue weighted by Crippen LogP contribution is 2.32. The molecule has 0 unspecified atom stereocenters. The third-order valence-corrected chi connectivity index (χ3v) is 3.18. The van der Waals surface area contributed by atoms with E-state index in [4.69, 9.17) is 15.7 Å². The minimum atomic E-state index is 0.429. The molecule has 0 bridgehead atoms. The smallest absolute Gasteiger partial charge is 0.153 e. The molecule has 0 radical (unpaired) electrons. The van der Waals surface area contributed by atoms with Gasteiger partial charge in [-0.15, -0.1) is 0 Å². The first-order valence-corrected chi connectivity index (χ1v) is 6.51. The fourth-order valence-electron chi connectivity index (χ4n) is 2.13. The molecule has 0 spiro atoms. The fourth-order valence-corrected chi connectivity index (χ4v) is 2.13. The van der Waals surface area contributed by atoms with Crippen molar-refractivity contribution >= 4 is 16.6 Å². The van der Waals surface area contributed by atoms with E-state index in [1.54, 1.807) is 18.2 Å². The second kappa shape index (κ2) is 5.14. The van der Waals surface area contributed by atoms with Crippen molar-refractivity contribution < 1.29 is 4.74 Å². The molecular weight excluding hydrogens is 262 g/mol. The first kappa shape index (κ1) is 12.9. The van der Waals surface area contributed by atoms with E-state index >= 15 is 0 Å². The van der Waals surface area contributed by atoms with Gasteiger partial charge in [-0.25, -0.2) is 4.98 Å². The lowest BCUT2D eigenvalue weighted by Gasteiger charge is -2.11. The number of anilines is 1. The van der Waals surface area contributed by atoms with Crippen LogP contribution in [0.2, 0.25) is 0 Å². The second-order valence-corrected chi connectivity index (χ2v) is 4.75. The van der Waals surface area contributed by atoms with Crippen molar-refractivity contribution in [2.75, 3.05) is 5.73 Å². The van der Waals surface area contributed by atoms with Gasteiger partial charge in [-0.1, -0.05) is 18.2 Å². The lowest BCUT2D eigenvalue weighted by atomic mass is 10.2. The summed E-state index contributed by atoms with van der Waals surface area (Å²) in [6, 6.07) is 16.7. The van der Waals surface area contributed by atoms with Crippen molar-refractivity contribution in [2.45, 2.75) is 6.92 Å². The van der Waals surface area contributed by atoms with Crippen LogP contribution in [0.15, 0.2) is 48.5 Å². The maximum atomic E-state index is 8.86.